The van der Waals surface area contributed by atoms with Gasteiger partial charge in [-0.3, -0.25) is 4.79 Å². The minimum Gasteiger partial charge on any atom is -0.465 e. The van der Waals surface area contributed by atoms with E-state index < -0.39 is 5.97 Å². The van der Waals surface area contributed by atoms with Gasteiger partial charge in [-0.25, -0.2) is 4.79 Å². The minimum absolute atomic E-state index is 0.117. The molecule has 0 bridgehead atoms. The quantitative estimate of drug-likeness (QED) is 0.645. The van der Waals surface area contributed by atoms with Crippen molar-refractivity contribution in [3.05, 3.63) is 29.8 Å². The fraction of sp³-hybridized carbons (Fsp3) is 0.357. The molecule has 0 fully saturated rings. The predicted molar refractivity (Wildman–Crippen MR) is 81.7 cm³/mol. The third kappa shape index (κ3) is 5.36. The molecule has 1 amide bonds. The van der Waals surface area contributed by atoms with Crippen LogP contribution in [0.5, 0.6) is 0 Å². The van der Waals surface area contributed by atoms with Crippen molar-refractivity contribution in [1.29, 1.82) is 0 Å². The number of carbonyl (C=O) groups is 2. The zero-order valence-corrected chi connectivity index (χ0v) is 12.4. The van der Waals surface area contributed by atoms with Crippen LogP contribution in [0.15, 0.2) is 24.3 Å². The smallest absolute Gasteiger partial charge is 0.337 e. The molecule has 2 N–H and O–H groups in total. The third-order valence-corrected chi connectivity index (χ3v) is 2.76. The maximum absolute atomic E-state index is 11.5. The van der Waals surface area contributed by atoms with Crippen molar-refractivity contribution in [2.45, 2.75) is 26.2 Å². The summed E-state index contributed by atoms with van der Waals surface area (Å²) in [6.07, 6.45) is 2.22. The number of unbranched alkanes of at least 4 members (excludes halogenated alkanes) is 1. The zero-order valence-electron chi connectivity index (χ0n) is 11.6. The second kappa shape index (κ2) is 8.27. The molecule has 1 aromatic carbocycles. The Morgan fingerprint density at radius 3 is 2.75 bits per heavy atom. The number of rotatable bonds is 5. The summed E-state index contributed by atoms with van der Waals surface area (Å²) < 4.78 is 4.64. The predicted octanol–water partition coefficient (Wildman–Crippen LogP) is 2.48. The van der Waals surface area contributed by atoms with E-state index in [9.17, 15) is 9.59 Å². The first-order valence-corrected chi connectivity index (χ1v) is 6.77. The van der Waals surface area contributed by atoms with Crippen LogP contribution in [-0.2, 0) is 9.53 Å². The van der Waals surface area contributed by atoms with Gasteiger partial charge in [0.2, 0.25) is 5.91 Å². The van der Waals surface area contributed by atoms with E-state index in [0.29, 0.717) is 17.7 Å². The molecular formula is C14H18N2O3S. The average molecular weight is 294 g/mol. The molecule has 0 atom stereocenters. The van der Waals surface area contributed by atoms with Crippen LogP contribution in [0.2, 0.25) is 0 Å². The number of esters is 1. The zero-order chi connectivity index (χ0) is 15.0. The maximum atomic E-state index is 11.5. The van der Waals surface area contributed by atoms with E-state index in [2.05, 4.69) is 15.4 Å². The van der Waals surface area contributed by atoms with Crippen molar-refractivity contribution in [1.82, 2.24) is 5.32 Å². The number of anilines is 1. The van der Waals surface area contributed by atoms with Gasteiger partial charge in [0.05, 0.1) is 12.7 Å². The number of thiocarbonyl (C=S) groups is 1. The van der Waals surface area contributed by atoms with Crippen LogP contribution in [0.4, 0.5) is 5.69 Å². The van der Waals surface area contributed by atoms with Gasteiger partial charge in [-0.2, -0.15) is 0 Å². The Morgan fingerprint density at radius 2 is 2.10 bits per heavy atom. The Labute approximate surface area is 123 Å². The normalized spacial score (nSPS) is 9.70. The summed E-state index contributed by atoms with van der Waals surface area (Å²) in [6.45, 7) is 2.02. The molecule has 0 saturated carbocycles. The van der Waals surface area contributed by atoms with Crippen molar-refractivity contribution < 1.29 is 14.3 Å². The molecular weight excluding hydrogens is 276 g/mol. The number of carbonyl (C=O) groups excluding carboxylic acids is 2. The summed E-state index contributed by atoms with van der Waals surface area (Å²) in [5.41, 5.74) is 1.03. The number of nitrogens with one attached hydrogen (secondary N) is 2. The van der Waals surface area contributed by atoms with Crippen molar-refractivity contribution >= 4 is 34.9 Å². The van der Waals surface area contributed by atoms with Gasteiger partial charge in [-0.15, -0.1) is 0 Å². The van der Waals surface area contributed by atoms with Gasteiger partial charge in [0.15, 0.2) is 5.11 Å². The summed E-state index contributed by atoms with van der Waals surface area (Å²) in [5, 5.41) is 5.67. The van der Waals surface area contributed by atoms with Crippen LogP contribution in [0.1, 0.15) is 36.5 Å². The first-order chi connectivity index (χ1) is 9.56. The highest BCUT2D eigenvalue weighted by Crippen LogP contribution is 2.11. The number of amides is 1. The lowest BCUT2D eigenvalue weighted by Crippen LogP contribution is -2.33. The molecule has 0 spiro atoms. The average Bonchev–Trinajstić information content (AvgIpc) is 2.44. The minimum atomic E-state index is -0.424. The van der Waals surface area contributed by atoms with Gasteiger partial charge >= 0.3 is 5.97 Å². The molecule has 0 heterocycles. The number of hydrogen-bond donors (Lipinski definition) is 2. The van der Waals surface area contributed by atoms with Crippen LogP contribution < -0.4 is 10.6 Å². The van der Waals surface area contributed by atoms with Crippen molar-refractivity contribution in [2.75, 3.05) is 12.4 Å². The van der Waals surface area contributed by atoms with Crippen molar-refractivity contribution in [3.8, 4) is 0 Å². The SMILES string of the molecule is CCCCC(=O)NC(=S)Nc1cccc(C(=O)OC)c1. The Kier molecular flexibility index (Phi) is 6.66. The number of ether oxygens (including phenoxy) is 1. The molecule has 0 aromatic heterocycles. The van der Waals surface area contributed by atoms with Gasteiger partial charge in [-0.1, -0.05) is 19.4 Å². The van der Waals surface area contributed by atoms with E-state index in [1.54, 1.807) is 24.3 Å². The first-order valence-electron chi connectivity index (χ1n) is 6.36. The van der Waals surface area contributed by atoms with Crippen LogP contribution in [0.25, 0.3) is 0 Å². The fourth-order valence-corrected chi connectivity index (χ4v) is 1.76. The Balaban J connectivity index is 2.57. The number of benzene rings is 1. The molecule has 0 aliphatic rings. The third-order valence-electron chi connectivity index (χ3n) is 2.55. The molecule has 1 aromatic rings. The molecule has 20 heavy (non-hydrogen) atoms. The Bertz CT molecular complexity index is 503. The van der Waals surface area contributed by atoms with Crippen LogP contribution in [0, 0.1) is 0 Å². The summed E-state index contributed by atoms with van der Waals surface area (Å²) in [4.78, 5) is 22.9. The summed E-state index contributed by atoms with van der Waals surface area (Å²) in [6, 6.07) is 6.70. The van der Waals surface area contributed by atoms with Gasteiger partial charge < -0.3 is 15.4 Å². The van der Waals surface area contributed by atoms with Gasteiger partial charge in [-0.05, 0) is 36.8 Å². The molecule has 0 saturated heterocycles. The highest BCUT2D eigenvalue weighted by atomic mass is 32.1. The van der Waals surface area contributed by atoms with Crippen LogP contribution in [0.3, 0.4) is 0 Å². The van der Waals surface area contributed by atoms with E-state index >= 15 is 0 Å². The summed E-state index contributed by atoms with van der Waals surface area (Å²) in [7, 11) is 1.32. The lowest BCUT2D eigenvalue weighted by Gasteiger charge is -2.10. The second-order valence-corrected chi connectivity index (χ2v) is 4.59. The maximum Gasteiger partial charge on any atom is 0.337 e. The molecule has 0 radical (unpaired) electrons. The van der Waals surface area contributed by atoms with E-state index in [4.69, 9.17) is 12.2 Å². The molecule has 0 unspecified atom stereocenters. The lowest BCUT2D eigenvalue weighted by atomic mass is 10.2. The molecule has 6 heteroatoms. The molecule has 1 rings (SSSR count). The fourth-order valence-electron chi connectivity index (χ4n) is 1.53. The van der Waals surface area contributed by atoms with Crippen molar-refractivity contribution in [3.63, 3.8) is 0 Å². The Hall–Kier alpha value is -1.95. The molecule has 5 nitrogen and oxygen atoms in total. The standard InChI is InChI=1S/C14H18N2O3S/c1-3-4-8-12(17)16-14(20)15-11-7-5-6-10(9-11)13(18)19-2/h5-7,9H,3-4,8H2,1-2H3,(H2,15,16,17,20). The number of hydrogen-bond acceptors (Lipinski definition) is 4. The highest BCUT2D eigenvalue weighted by molar-refractivity contribution is 7.80. The highest BCUT2D eigenvalue weighted by Gasteiger charge is 2.07. The van der Waals surface area contributed by atoms with E-state index in [1.165, 1.54) is 7.11 Å². The summed E-state index contributed by atoms with van der Waals surface area (Å²) in [5.74, 6) is -0.542. The largest absolute Gasteiger partial charge is 0.465 e. The lowest BCUT2D eigenvalue weighted by molar-refractivity contribution is -0.119. The van der Waals surface area contributed by atoms with E-state index in [-0.39, 0.29) is 11.0 Å². The van der Waals surface area contributed by atoms with E-state index in [0.717, 1.165) is 12.8 Å². The monoisotopic (exact) mass is 294 g/mol. The van der Waals surface area contributed by atoms with Crippen molar-refractivity contribution in [2.24, 2.45) is 0 Å². The summed E-state index contributed by atoms with van der Waals surface area (Å²) >= 11 is 5.04. The second-order valence-electron chi connectivity index (χ2n) is 4.18. The van der Waals surface area contributed by atoms with Gasteiger partial charge in [0.1, 0.15) is 0 Å². The number of methoxy groups -OCH3 is 1. The van der Waals surface area contributed by atoms with Crippen LogP contribution in [-0.4, -0.2) is 24.1 Å². The van der Waals surface area contributed by atoms with Crippen LogP contribution >= 0.6 is 12.2 Å². The molecule has 0 aliphatic carbocycles. The first kappa shape index (κ1) is 16.1. The molecule has 108 valence electrons. The molecule has 0 aliphatic heterocycles. The van der Waals surface area contributed by atoms with E-state index in [1.807, 2.05) is 6.92 Å². The topological polar surface area (TPSA) is 67.4 Å². The Morgan fingerprint density at radius 1 is 1.35 bits per heavy atom. The van der Waals surface area contributed by atoms with Gasteiger partial charge in [0, 0.05) is 12.1 Å². The van der Waals surface area contributed by atoms with Gasteiger partial charge in [0.25, 0.3) is 0 Å².